The van der Waals surface area contributed by atoms with Crippen LogP contribution >= 0.6 is 11.6 Å². The number of halogens is 2. The van der Waals surface area contributed by atoms with Crippen LogP contribution in [0.15, 0.2) is 42.5 Å². The van der Waals surface area contributed by atoms with Crippen molar-refractivity contribution in [1.82, 2.24) is 5.32 Å². The van der Waals surface area contributed by atoms with Crippen molar-refractivity contribution < 1.29 is 18.7 Å². The molecule has 0 aliphatic rings. The van der Waals surface area contributed by atoms with Gasteiger partial charge in [0.1, 0.15) is 5.82 Å². The molecular formula is C17H15ClFNO3. The lowest BCUT2D eigenvalue weighted by molar-refractivity contribution is -0.124. The molecule has 1 N–H and O–H groups in total. The molecule has 0 fully saturated rings. The molecule has 1 amide bonds. The largest absolute Gasteiger partial charge is 0.452 e. The van der Waals surface area contributed by atoms with Gasteiger partial charge in [0.15, 0.2) is 6.61 Å². The van der Waals surface area contributed by atoms with Gasteiger partial charge in [-0.05, 0) is 30.7 Å². The first-order chi connectivity index (χ1) is 11.0. The van der Waals surface area contributed by atoms with Gasteiger partial charge in [-0.15, -0.1) is 0 Å². The predicted octanol–water partition coefficient (Wildman–Crippen LogP) is 3.26. The van der Waals surface area contributed by atoms with E-state index in [-0.39, 0.29) is 10.6 Å². The lowest BCUT2D eigenvalue weighted by Gasteiger charge is -2.08. The van der Waals surface area contributed by atoms with Crippen molar-refractivity contribution in [1.29, 1.82) is 0 Å². The van der Waals surface area contributed by atoms with E-state index in [0.717, 1.165) is 23.3 Å². The van der Waals surface area contributed by atoms with E-state index >= 15 is 0 Å². The Hall–Kier alpha value is -2.40. The van der Waals surface area contributed by atoms with Gasteiger partial charge in [-0.25, -0.2) is 9.18 Å². The monoisotopic (exact) mass is 335 g/mol. The molecule has 23 heavy (non-hydrogen) atoms. The second-order valence-corrected chi connectivity index (χ2v) is 5.37. The molecule has 120 valence electrons. The van der Waals surface area contributed by atoms with Gasteiger partial charge in [0.25, 0.3) is 5.91 Å². The molecule has 6 heteroatoms. The van der Waals surface area contributed by atoms with Crippen LogP contribution in [0, 0.1) is 12.7 Å². The first-order valence-electron chi connectivity index (χ1n) is 6.90. The lowest BCUT2D eigenvalue weighted by Crippen LogP contribution is -2.28. The van der Waals surface area contributed by atoms with Crippen molar-refractivity contribution in [3.63, 3.8) is 0 Å². The molecule has 0 bridgehead atoms. The zero-order valence-corrected chi connectivity index (χ0v) is 13.2. The lowest BCUT2D eigenvalue weighted by atomic mass is 10.1. The van der Waals surface area contributed by atoms with E-state index < -0.39 is 24.3 Å². The number of carbonyl (C=O) groups excluding carboxylic acids is 2. The van der Waals surface area contributed by atoms with E-state index in [1.807, 2.05) is 31.2 Å². The molecule has 2 aromatic rings. The third-order valence-corrected chi connectivity index (χ3v) is 3.37. The van der Waals surface area contributed by atoms with E-state index in [1.54, 1.807) is 0 Å². The quantitative estimate of drug-likeness (QED) is 0.853. The van der Waals surface area contributed by atoms with Crippen LogP contribution in [0.25, 0.3) is 0 Å². The number of nitrogens with one attached hydrogen (secondary N) is 1. The normalized spacial score (nSPS) is 10.2. The standard InChI is InChI=1S/C17H15ClFNO3/c1-11-3-2-4-12(7-11)9-20-16(21)10-23-17(22)14-6-5-13(19)8-15(14)18/h2-8H,9-10H2,1H3,(H,20,21). The predicted molar refractivity (Wildman–Crippen MR) is 84.7 cm³/mol. The Balaban J connectivity index is 1.83. The molecule has 4 nitrogen and oxygen atoms in total. The molecule has 0 saturated heterocycles. The Bertz CT molecular complexity index is 734. The Morgan fingerprint density at radius 3 is 2.70 bits per heavy atom. The van der Waals surface area contributed by atoms with Crippen LogP contribution in [0.3, 0.4) is 0 Å². The maximum Gasteiger partial charge on any atom is 0.340 e. The second-order valence-electron chi connectivity index (χ2n) is 4.97. The summed E-state index contributed by atoms with van der Waals surface area (Å²) in [4.78, 5) is 23.5. The number of benzene rings is 2. The molecule has 0 aliphatic heterocycles. The number of ether oxygens (including phenoxy) is 1. The van der Waals surface area contributed by atoms with Crippen LogP contribution in [0.4, 0.5) is 4.39 Å². The SMILES string of the molecule is Cc1cccc(CNC(=O)COC(=O)c2ccc(F)cc2Cl)c1. The number of carbonyl (C=O) groups is 2. The zero-order chi connectivity index (χ0) is 16.8. The summed E-state index contributed by atoms with van der Waals surface area (Å²) in [6, 6.07) is 11.0. The molecule has 0 spiro atoms. The summed E-state index contributed by atoms with van der Waals surface area (Å²) < 4.78 is 17.8. The van der Waals surface area contributed by atoms with Gasteiger partial charge in [-0.1, -0.05) is 41.4 Å². The van der Waals surface area contributed by atoms with E-state index in [9.17, 15) is 14.0 Å². The van der Waals surface area contributed by atoms with Gasteiger partial charge in [-0.2, -0.15) is 0 Å². The smallest absolute Gasteiger partial charge is 0.340 e. The number of hydrogen-bond acceptors (Lipinski definition) is 3. The first-order valence-corrected chi connectivity index (χ1v) is 7.28. The van der Waals surface area contributed by atoms with Crippen LogP contribution < -0.4 is 5.32 Å². The Morgan fingerprint density at radius 1 is 1.22 bits per heavy atom. The minimum Gasteiger partial charge on any atom is -0.452 e. The van der Waals surface area contributed by atoms with Crippen molar-refractivity contribution in [2.45, 2.75) is 13.5 Å². The van der Waals surface area contributed by atoms with Crippen molar-refractivity contribution in [3.05, 3.63) is 70.0 Å². The molecule has 0 saturated carbocycles. The van der Waals surface area contributed by atoms with Gasteiger partial charge in [0, 0.05) is 6.54 Å². The number of amides is 1. The Kier molecular flexibility index (Phi) is 5.71. The second kappa shape index (κ2) is 7.74. The van der Waals surface area contributed by atoms with Gasteiger partial charge in [-0.3, -0.25) is 4.79 Å². The summed E-state index contributed by atoms with van der Waals surface area (Å²) in [6.07, 6.45) is 0. The average molecular weight is 336 g/mol. The Labute approximate surface area is 138 Å². The van der Waals surface area contributed by atoms with Crippen molar-refractivity contribution >= 4 is 23.5 Å². The molecule has 0 radical (unpaired) electrons. The average Bonchev–Trinajstić information content (AvgIpc) is 2.50. The van der Waals surface area contributed by atoms with Crippen LogP contribution in [-0.2, 0) is 16.1 Å². The molecule has 0 aromatic heterocycles. The summed E-state index contributed by atoms with van der Waals surface area (Å²) in [5, 5.41) is 2.59. The van der Waals surface area contributed by atoms with E-state index in [4.69, 9.17) is 16.3 Å². The molecule has 2 rings (SSSR count). The summed E-state index contributed by atoms with van der Waals surface area (Å²) in [5.41, 5.74) is 2.06. The van der Waals surface area contributed by atoms with Crippen LogP contribution in [0.1, 0.15) is 21.5 Å². The Morgan fingerprint density at radius 2 is 2.00 bits per heavy atom. The van der Waals surface area contributed by atoms with Gasteiger partial charge >= 0.3 is 5.97 Å². The van der Waals surface area contributed by atoms with Crippen LogP contribution in [0.5, 0.6) is 0 Å². The third-order valence-electron chi connectivity index (χ3n) is 3.06. The summed E-state index contributed by atoms with van der Waals surface area (Å²) in [5.74, 6) is -1.76. The van der Waals surface area contributed by atoms with Gasteiger partial charge in [0.2, 0.25) is 0 Å². The highest BCUT2D eigenvalue weighted by Gasteiger charge is 2.14. The van der Waals surface area contributed by atoms with Gasteiger partial charge in [0.05, 0.1) is 10.6 Å². The number of aryl methyl sites for hydroxylation is 1. The fraction of sp³-hybridized carbons (Fsp3) is 0.176. The summed E-state index contributed by atoms with van der Waals surface area (Å²) >= 11 is 5.75. The number of rotatable bonds is 5. The highest BCUT2D eigenvalue weighted by molar-refractivity contribution is 6.33. The first kappa shape index (κ1) is 17.0. The number of esters is 1. The zero-order valence-electron chi connectivity index (χ0n) is 12.4. The van der Waals surface area contributed by atoms with Gasteiger partial charge < -0.3 is 10.1 Å². The molecule has 2 aromatic carbocycles. The number of hydrogen-bond donors (Lipinski definition) is 1. The van der Waals surface area contributed by atoms with E-state index in [1.165, 1.54) is 6.07 Å². The van der Waals surface area contributed by atoms with E-state index in [2.05, 4.69) is 5.32 Å². The minimum absolute atomic E-state index is 0.0135. The van der Waals surface area contributed by atoms with Crippen molar-refractivity contribution in [3.8, 4) is 0 Å². The summed E-state index contributed by atoms with van der Waals surface area (Å²) in [6.45, 7) is 1.87. The molecule has 0 unspecified atom stereocenters. The van der Waals surface area contributed by atoms with E-state index in [0.29, 0.717) is 6.54 Å². The highest BCUT2D eigenvalue weighted by Crippen LogP contribution is 2.18. The fourth-order valence-corrected chi connectivity index (χ4v) is 2.18. The maximum absolute atomic E-state index is 12.9. The molecule has 0 heterocycles. The summed E-state index contributed by atoms with van der Waals surface area (Å²) in [7, 11) is 0. The fourth-order valence-electron chi connectivity index (χ4n) is 1.94. The molecular weight excluding hydrogens is 321 g/mol. The van der Waals surface area contributed by atoms with Crippen molar-refractivity contribution in [2.75, 3.05) is 6.61 Å². The maximum atomic E-state index is 12.9. The minimum atomic E-state index is -0.777. The van der Waals surface area contributed by atoms with Crippen LogP contribution in [-0.4, -0.2) is 18.5 Å². The van der Waals surface area contributed by atoms with Crippen LogP contribution in [0.2, 0.25) is 5.02 Å². The highest BCUT2D eigenvalue weighted by atomic mass is 35.5. The third kappa shape index (κ3) is 5.07. The molecule has 0 atom stereocenters. The van der Waals surface area contributed by atoms with Crippen molar-refractivity contribution in [2.24, 2.45) is 0 Å². The molecule has 0 aliphatic carbocycles. The topological polar surface area (TPSA) is 55.4 Å².